The summed E-state index contributed by atoms with van der Waals surface area (Å²) in [5.74, 6) is -0.214. The van der Waals surface area contributed by atoms with Gasteiger partial charge in [0.25, 0.3) is 0 Å². The number of aliphatic hydroxyl groups excluding tert-OH is 1. The van der Waals surface area contributed by atoms with Gasteiger partial charge in [0, 0.05) is 6.04 Å². The van der Waals surface area contributed by atoms with Crippen molar-refractivity contribution in [3.05, 3.63) is 0 Å². The summed E-state index contributed by atoms with van der Waals surface area (Å²) in [5.41, 5.74) is 5.45. The Morgan fingerprint density at radius 3 is 2.31 bits per heavy atom. The molecule has 0 bridgehead atoms. The van der Waals surface area contributed by atoms with Crippen LogP contribution in [0.3, 0.4) is 0 Å². The lowest BCUT2D eigenvalue weighted by Crippen LogP contribution is -2.51. The molecule has 0 saturated carbocycles. The molecule has 1 amide bonds. The maximum Gasteiger partial charge on any atom is 0.237 e. The molecule has 4 nitrogen and oxygen atoms in total. The SMILES string of the molecule is CC(CO)NC(=O)C(N)C(C)(C)C. The monoisotopic (exact) mass is 188 g/mol. The van der Waals surface area contributed by atoms with Crippen LogP contribution in [0.5, 0.6) is 0 Å². The van der Waals surface area contributed by atoms with Gasteiger partial charge in [-0.3, -0.25) is 4.79 Å². The molecule has 0 fully saturated rings. The highest BCUT2D eigenvalue weighted by Crippen LogP contribution is 2.17. The third-order valence-electron chi connectivity index (χ3n) is 1.88. The predicted octanol–water partition coefficient (Wildman–Crippen LogP) is -0.143. The first-order chi connectivity index (χ1) is 5.79. The number of rotatable bonds is 3. The molecule has 13 heavy (non-hydrogen) atoms. The van der Waals surface area contributed by atoms with Crippen molar-refractivity contribution in [1.82, 2.24) is 5.32 Å². The first-order valence-electron chi connectivity index (χ1n) is 4.46. The molecule has 0 aliphatic heterocycles. The molecule has 2 unspecified atom stereocenters. The molecule has 0 radical (unpaired) electrons. The molecule has 0 aliphatic rings. The molecule has 0 aromatic carbocycles. The Labute approximate surface area is 79.5 Å². The van der Waals surface area contributed by atoms with Crippen LogP contribution in [0, 0.1) is 5.41 Å². The van der Waals surface area contributed by atoms with E-state index in [4.69, 9.17) is 10.8 Å². The first kappa shape index (κ1) is 12.4. The van der Waals surface area contributed by atoms with Crippen molar-refractivity contribution in [2.24, 2.45) is 11.1 Å². The van der Waals surface area contributed by atoms with Crippen LogP contribution in [-0.2, 0) is 4.79 Å². The highest BCUT2D eigenvalue weighted by Gasteiger charge is 2.27. The summed E-state index contributed by atoms with van der Waals surface area (Å²) in [7, 11) is 0. The van der Waals surface area contributed by atoms with Gasteiger partial charge in [-0.2, -0.15) is 0 Å². The second-order valence-corrected chi connectivity index (χ2v) is 4.44. The fraction of sp³-hybridized carbons (Fsp3) is 0.889. The minimum atomic E-state index is -0.540. The number of nitrogens with one attached hydrogen (secondary N) is 1. The van der Waals surface area contributed by atoms with Gasteiger partial charge in [-0.1, -0.05) is 20.8 Å². The number of carbonyl (C=O) groups is 1. The van der Waals surface area contributed by atoms with Crippen LogP contribution in [0.1, 0.15) is 27.7 Å². The molecule has 4 N–H and O–H groups in total. The van der Waals surface area contributed by atoms with Gasteiger partial charge in [0.1, 0.15) is 0 Å². The Balaban J connectivity index is 4.12. The van der Waals surface area contributed by atoms with Crippen LogP contribution in [0.2, 0.25) is 0 Å². The van der Waals surface area contributed by atoms with Gasteiger partial charge in [0.15, 0.2) is 0 Å². The van der Waals surface area contributed by atoms with Crippen LogP contribution in [0.15, 0.2) is 0 Å². The Hall–Kier alpha value is -0.610. The van der Waals surface area contributed by atoms with E-state index in [-0.39, 0.29) is 24.0 Å². The lowest BCUT2D eigenvalue weighted by atomic mass is 9.87. The van der Waals surface area contributed by atoms with Crippen molar-refractivity contribution in [2.75, 3.05) is 6.61 Å². The molecule has 0 aromatic heterocycles. The predicted molar refractivity (Wildman–Crippen MR) is 52.1 cm³/mol. The largest absolute Gasteiger partial charge is 0.394 e. The Morgan fingerprint density at radius 2 is 2.00 bits per heavy atom. The maximum atomic E-state index is 11.4. The molecule has 0 spiro atoms. The maximum absolute atomic E-state index is 11.4. The molecule has 0 aromatic rings. The number of aliphatic hydroxyl groups is 1. The van der Waals surface area contributed by atoms with Gasteiger partial charge in [-0.15, -0.1) is 0 Å². The number of hydrogen-bond donors (Lipinski definition) is 3. The van der Waals surface area contributed by atoms with Crippen LogP contribution < -0.4 is 11.1 Å². The zero-order valence-electron chi connectivity index (χ0n) is 8.79. The van der Waals surface area contributed by atoms with E-state index >= 15 is 0 Å². The van der Waals surface area contributed by atoms with Gasteiger partial charge in [0.2, 0.25) is 5.91 Å². The normalized spacial score (nSPS) is 16.5. The minimum Gasteiger partial charge on any atom is -0.394 e. The summed E-state index contributed by atoms with van der Waals surface area (Å²) in [5, 5.41) is 11.3. The molecule has 0 heterocycles. The second kappa shape index (κ2) is 4.58. The third-order valence-corrected chi connectivity index (χ3v) is 1.88. The van der Waals surface area contributed by atoms with E-state index in [1.165, 1.54) is 0 Å². The summed E-state index contributed by atoms with van der Waals surface area (Å²) in [6.07, 6.45) is 0. The van der Waals surface area contributed by atoms with E-state index in [1.807, 2.05) is 20.8 Å². The van der Waals surface area contributed by atoms with E-state index in [1.54, 1.807) is 6.92 Å². The van der Waals surface area contributed by atoms with Crippen molar-refractivity contribution in [2.45, 2.75) is 39.8 Å². The molecular weight excluding hydrogens is 168 g/mol. The van der Waals surface area contributed by atoms with Gasteiger partial charge in [-0.25, -0.2) is 0 Å². The minimum absolute atomic E-state index is 0.0669. The second-order valence-electron chi connectivity index (χ2n) is 4.44. The van der Waals surface area contributed by atoms with Gasteiger partial charge >= 0.3 is 0 Å². The molecule has 78 valence electrons. The van der Waals surface area contributed by atoms with Gasteiger partial charge < -0.3 is 16.2 Å². The molecule has 0 saturated heterocycles. The van der Waals surface area contributed by atoms with Crippen LogP contribution >= 0.6 is 0 Å². The van der Waals surface area contributed by atoms with Crippen LogP contribution in [-0.4, -0.2) is 29.7 Å². The Morgan fingerprint density at radius 1 is 1.54 bits per heavy atom. The fourth-order valence-corrected chi connectivity index (χ4v) is 0.772. The van der Waals surface area contributed by atoms with Crippen molar-refractivity contribution in [3.8, 4) is 0 Å². The van der Waals surface area contributed by atoms with Crippen molar-refractivity contribution in [1.29, 1.82) is 0 Å². The average molecular weight is 188 g/mol. The number of hydrogen-bond acceptors (Lipinski definition) is 3. The third kappa shape index (κ3) is 4.24. The summed E-state index contributed by atoms with van der Waals surface area (Å²) in [6.45, 7) is 7.37. The van der Waals surface area contributed by atoms with Crippen molar-refractivity contribution < 1.29 is 9.90 Å². The lowest BCUT2D eigenvalue weighted by molar-refractivity contribution is -0.125. The fourth-order valence-electron chi connectivity index (χ4n) is 0.772. The van der Waals surface area contributed by atoms with E-state index in [2.05, 4.69) is 5.32 Å². The molecule has 0 aliphatic carbocycles. The number of nitrogens with two attached hydrogens (primary N) is 1. The smallest absolute Gasteiger partial charge is 0.237 e. The Bertz CT molecular complexity index is 175. The summed E-state index contributed by atoms with van der Waals surface area (Å²) >= 11 is 0. The summed E-state index contributed by atoms with van der Waals surface area (Å²) in [6, 6.07) is -0.776. The standard InChI is InChI=1S/C9H20N2O2/c1-6(5-12)11-8(13)7(10)9(2,3)4/h6-7,12H,5,10H2,1-4H3,(H,11,13). The molecule has 0 rings (SSSR count). The highest BCUT2D eigenvalue weighted by molar-refractivity contribution is 5.82. The van der Waals surface area contributed by atoms with Crippen LogP contribution in [0.4, 0.5) is 0 Å². The average Bonchev–Trinajstić information content (AvgIpc) is 2.01. The number of amides is 1. The Kier molecular flexibility index (Phi) is 4.36. The molecule has 2 atom stereocenters. The zero-order valence-corrected chi connectivity index (χ0v) is 8.79. The van der Waals surface area contributed by atoms with Crippen molar-refractivity contribution in [3.63, 3.8) is 0 Å². The van der Waals surface area contributed by atoms with E-state index < -0.39 is 6.04 Å². The zero-order chi connectivity index (χ0) is 10.6. The topological polar surface area (TPSA) is 75.3 Å². The molecular formula is C9H20N2O2. The lowest BCUT2D eigenvalue weighted by Gasteiger charge is -2.26. The summed E-state index contributed by atoms with van der Waals surface area (Å²) < 4.78 is 0. The van der Waals surface area contributed by atoms with Gasteiger partial charge in [-0.05, 0) is 12.3 Å². The van der Waals surface area contributed by atoms with E-state index in [0.717, 1.165) is 0 Å². The quantitative estimate of drug-likeness (QED) is 0.577. The first-order valence-corrected chi connectivity index (χ1v) is 4.46. The summed E-state index contributed by atoms with van der Waals surface area (Å²) in [4.78, 5) is 11.4. The molecule has 4 heteroatoms. The highest BCUT2D eigenvalue weighted by atomic mass is 16.3. The number of carbonyl (C=O) groups excluding carboxylic acids is 1. The van der Waals surface area contributed by atoms with Crippen LogP contribution in [0.25, 0.3) is 0 Å². The van der Waals surface area contributed by atoms with Gasteiger partial charge in [0.05, 0.1) is 12.6 Å². The van der Waals surface area contributed by atoms with Crippen molar-refractivity contribution >= 4 is 5.91 Å². The van der Waals surface area contributed by atoms with E-state index in [0.29, 0.717) is 0 Å². The van der Waals surface area contributed by atoms with E-state index in [9.17, 15) is 4.79 Å².